The van der Waals surface area contributed by atoms with Crippen molar-refractivity contribution in [3.63, 3.8) is 0 Å². The monoisotopic (exact) mass is 461 g/mol. The highest BCUT2D eigenvalue weighted by Crippen LogP contribution is 2.39. The molecule has 2 heterocycles. The van der Waals surface area contributed by atoms with Gasteiger partial charge in [0.2, 0.25) is 11.1 Å². The van der Waals surface area contributed by atoms with E-state index in [2.05, 4.69) is 20.9 Å². The summed E-state index contributed by atoms with van der Waals surface area (Å²) in [6.45, 7) is 0. The number of nitrogens with zero attached hydrogens (tertiary/aromatic N) is 3. The molecule has 0 fully saturated rings. The molecule has 0 radical (unpaired) electrons. The lowest BCUT2D eigenvalue weighted by molar-refractivity contribution is -0.116. The van der Waals surface area contributed by atoms with Crippen molar-refractivity contribution in [2.45, 2.75) is 16.4 Å². The van der Waals surface area contributed by atoms with E-state index < -0.39 is 17.1 Å². The minimum atomic E-state index is -0.627. The van der Waals surface area contributed by atoms with Crippen molar-refractivity contribution in [2.75, 3.05) is 17.9 Å². The number of hydrogen-bond acceptors (Lipinski definition) is 6. The second-order valence-electron chi connectivity index (χ2n) is 7.40. The van der Waals surface area contributed by atoms with Crippen molar-refractivity contribution in [3.05, 3.63) is 90.2 Å². The smallest absolute Gasteiger partial charge is 0.240 e. The van der Waals surface area contributed by atoms with Crippen molar-refractivity contribution >= 4 is 23.4 Å². The number of para-hydroxylation sites is 1. The molecule has 1 aliphatic rings. The third kappa shape index (κ3) is 4.14. The molecule has 9 heteroatoms. The standard InChI is InChI=1S/C24H20FN5O2S/c1-32-17-13-11-15(12-14-17)20-21(23(31)26-19-10-6-5-9-18(19)25)33-24-28-27-22(30(24)29-20)16-7-3-2-4-8-16/h2-14,20-21,29H,1H3,(H,26,31). The Morgan fingerprint density at radius 2 is 1.76 bits per heavy atom. The van der Waals surface area contributed by atoms with Gasteiger partial charge in [-0.05, 0) is 29.8 Å². The number of ether oxygens (including phenoxy) is 1. The van der Waals surface area contributed by atoms with Crippen LogP contribution >= 0.6 is 11.8 Å². The number of methoxy groups -OCH3 is 1. The number of rotatable bonds is 5. The molecule has 3 aromatic carbocycles. The molecule has 7 nitrogen and oxygen atoms in total. The molecule has 1 amide bonds. The fourth-order valence-corrected chi connectivity index (χ4v) is 4.74. The first kappa shape index (κ1) is 21.0. The zero-order chi connectivity index (χ0) is 22.8. The van der Waals surface area contributed by atoms with Gasteiger partial charge in [0.15, 0.2) is 5.82 Å². The number of carbonyl (C=O) groups is 1. The highest BCUT2D eigenvalue weighted by Gasteiger charge is 2.38. The van der Waals surface area contributed by atoms with Crippen LogP contribution in [0.3, 0.4) is 0 Å². The number of halogens is 1. The van der Waals surface area contributed by atoms with Crippen LogP contribution < -0.4 is 15.5 Å². The summed E-state index contributed by atoms with van der Waals surface area (Å²) >= 11 is 1.28. The van der Waals surface area contributed by atoms with Crippen LogP contribution in [0.2, 0.25) is 0 Å². The lowest BCUT2D eigenvalue weighted by Gasteiger charge is -2.33. The summed E-state index contributed by atoms with van der Waals surface area (Å²) in [4.78, 5) is 13.3. The summed E-state index contributed by atoms with van der Waals surface area (Å²) < 4.78 is 21.2. The summed E-state index contributed by atoms with van der Waals surface area (Å²) in [7, 11) is 1.60. The van der Waals surface area contributed by atoms with Gasteiger partial charge in [-0.15, -0.1) is 10.2 Å². The Labute approximate surface area is 194 Å². The van der Waals surface area contributed by atoms with Gasteiger partial charge in [-0.1, -0.05) is 66.4 Å². The molecule has 0 aliphatic carbocycles. The molecule has 1 aliphatic heterocycles. The Morgan fingerprint density at radius 1 is 1.03 bits per heavy atom. The molecule has 33 heavy (non-hydrogen) atoms. The highest BCUT2D eigenvalue weighted by atomic mass is 32.2. The van der Waals surface area contributed by atoms with Gasteiger partial charge < -0.3 is 15.5 Å². The SMILES string of the molecule is COc1ccc(C2Nn3c(nnc3-c3ccccc3)SC2C(=O)Nc2ccccc2F)cc1. The fourth-order valence-electron chi connectivity index (χ4n) is 3.66. The number of hydrogen-bond donors (Lipinski definition) is 2. The van der Waals surface area contributed by atoms with Crippen molar-refractivity contribution < 1.29 is 13.9 Å². The van der Waals surface area contributed by atoms with Gasteiger partial charge >= 0.3 is 0 Å². The van der Waals surface area contributed by atoms with Crippen molar-refractivity contribution in [1.29, 1.82) is 0 Å². The molecule has 5 rings (SSSR count). The van der Waals surface area contributed by atoms with E-state index in [1.807, 2.05) is 54.6 Å². The van der Waals surface area contributed by atoms with Crippen LogP contribution in [0.5, 0.6) is 5.75 Å². The maximum absolute atomic E-state index is 14.2. The van der Waals surface area contributed by atoms with E-state index in [1.165, 1.54) is 23.9 Å². The predicted molar refractivity (Wildman–Crippen MR) is 125 cm³/mol. The van der Waals surface area contributed by atoms with E-state index in [0.29, 0.717) is 16.7 Å². The van der Waals surface area contributed by atoms with Crippen molar-refractivity contribution in [2.24, 2.45) is 0 Å². The van der Waals surface area contributed by atoms with Gasteiger partial charge in [0.1, 0.15) is 16.8 Å². The second kappa shape index (κ2) is 8.95. The third-order valence-electron chi connectivity index (χ3n) is 5.33. The molecule has 166 valence electrons. The summed E-state index contributed by atoms with van der Waals surface area (Å²) in [5.41, 5.74) is 5.30. The van der Waals surface area contributed by atoms with E-state index in [1.54, 1.807) is 23.9 Å². The lowest BCUT2D eigenvalue weighted by Crippen LogP contribution is -2.41. The molecule has 2 atom stereocenters. The maximum atomic E-state index is 14.2. The average molecular weight is 462 g/mol. The van der Waals surface area contributed by atoms with Crippen LogP contribution in [0.15, 0.2) is 84.0 Å². The molecule has 0 spiro atoms. The first-order chi connectivity index (χ1) is 16.1. The van der Waals surface area contributed by atoms with Crippen LogP contribution in [0.25, 0.3) is 11.4 Å². The number of carbonyl (C=O) groups excluding carboxylic acids is 1. The number of anilines is 1. The van der Waals surface area contributed by atoms with Crippen LogP contribution in [0.4, 0.5) is 10.1 Å². The Kier molecular flexibility index (Phi) is 5.70. The molecular weight excluding hydrogens is 441 g/mol. The van der Waals surface area contributed by atoms with Crippen LogP contribution in [0.1, 0.15) is 11.6 Å². The van der Waals surface area contributed by atoms with Crippen LogP contribution in [0, 0.1) is 5.82 Å². The van der Waals surface area contributed by atoms with E-state index in [4.69, 9.17) is 4.74 Å². The van der Waals surface area contributed by atoms with Gasteiger partial charge in [-0.2, -0.15) is 0 Å². The van der Waals surface area contributed by atoms with Crippen LogP contribution in [-0.4, -0.2) is 33.1 Å². The maximum Gasteiger partial charge on any atom is 0.240 e. The minimum absolute atomic E-state index is 0.133. The third-order valence-corrected chi connectivity index (χ3v) is 6.55. The zero-order valence-corrected chi connectivity index (χ0v) is 18.4. The highest BCUT2D eigenvalue weighted by molar-refractivity contribution is 8.00. The Morgan fingerprint density at radius 3 is 2.48 bits per heavy atom. The van der Waals surface area contributed by atoms with Crippen molar-refractivity contribution in [1.82, 2.24) is 14.9 Å². The van der Waals surface area contributed by atoms with Crippen LogP contribution in [-0.2, 0) is 4.79 Å². The van der Waals surface area contributed by atoms with Gasteiger partial charge in [0.25, 0.3) is 0 Å². The fraction of sp³-hybridized carbons (Fsp3) is 0.125. The van der Waals surface area contributed by atoms with E-state index in [9.17, 15) is 9.18 Å². The Balaban J connectivity index is 1.52. The van der Waals surface area contributed by atoms with E-state index in [0.717, 1.165) is 11.1 Å². The summed E-state index contributed by atoms with van der Waals surface area (Å²) in [5, 5.41) is 11.3. The van der Waals surface area contributed by atoms with Gasteiger partial charge in [0.05, 0.1) is 18.8 Å². The zero-order valence-electron chi connectivity index (χ0n) is 17.6. The number of benzene rings is 3. The summed E-state index contributed by atoms with van der Waals surface area (Å²) in [6, 6.07) is 22.8. The number of aromatic nitrogens is 3. The summed E-state index contributed by atoms with van der Waals surface area (Å²) in [5.74, 6) is 0.526. The topological polar surface area (TPSA) is 81.1 Å². The molecule has 0 bridgehead atoms. The first-order valence-corrected chi connectivity index (χ1v) is 11.2. The Hall–Kier alpha value is -3.85. The normalized spacial score (nSPS) is 17.0. The first-order valence-electron chi connectivity index (χ1n) is 10.3. The second-order valence-corrected chi connectivity index (χ2v) is 8.50. The molecule has 1 aromatic heterocycles. The largest absolute Gasteiger partial charge is 0.497 e. The molecular formula is C24H20FN5O2S. The average Bonchev–Trinajstić information content (AvgIpc) is 3.28. The van der Waals surface area contributed by atoms with E-state index in [-0.39, 0.29) is 11.6 Å². The van der Waals surface area contributed by atoms with Gasteiger partial charge in [-0.25, -0.2) is 9.07 Å². The Bertz CT molecular complexity index is 1280. The molecule has 2 N–H and O–H groups in total. The number of nitrogens with one attached hydrogen (secondary N) is 2. The predicted octanol–water partition coefficient (Wildman–Crippen LogP) is 4.49. The minimum Gasteiger partial charge on any atom is -0.497 e. The number of amides is 1. The number of fused-ring (bicyclic) bond motifs is 1. The van der Waals surface area contributed by atoms with Crippen molar-refractivity contribution in [3.8, 4) is 17.1 Å². The summed E-state index contributed by atoms with van der Waals surface area (Å²) in [6.07, 6.45) is 0. The molecule has 2 unspecified atom stereocenters. The molecule has 0 saturated heterocycles. The quantitative estimate of drug-likeness (QED) is 0.456. The lowest BCUT2D eigenvalue weighted by atomic mass is 10.0. The molecule has 0 saturated carbocycles. The van der Waals surface area contributed by atoms with Gasteiger partial charge in [-0.3, -0.25) is 4.79 Å². The number of thioether (sulfide) groups is 1. The molecule has 4 aromatic rings. The van der Waals surface area contributed by atoms with E-state index >= 15 is 0 Å². The van der Waals surface area contributed by atoms with Gasteiger partial charge in [0, 0.05) is 5.56 Å².